The molecule has 0 bridgehead atoms. The van der Waals surface area contributed by atoms with Crippen LogP contribution in [-0.4, -0.2) is 43.6 Å². The lowest BCUT2D eigenvalue weighted by Gasteiger charge is -2.17. The van der Waals surface area contributed by atoms with Gasteiger partial charge in [0.1, 0.15) is 0 Å². The van der Waals surface area contributed by atoms with Crippen LogP contribution < -0.4 is 14.8 Å². The Morgan fingerprint density at radius 2 is 2.00 bits per heavy atom. The van der Waals surface area contributed by atoms with Gasteiger partial charge in [0.2, 0.25) is 0 Å². The van der Waals surface area contributed by atoms with Gasteiger partial charge in [0.25, 0.3) is 0 Å². The Kier molecular flexibility index (Phi) is 5.44. The molecule has 0 spiro atoms. The van der Waals surface area contributed by atoms with Crippen LogP contribution in [0.15, 0.2) is 18.2 Å². The number of benzene rings is 1. The molecule has 0 heterocycles. The standard InChI is InChI=1S/C13H20N2O4/c1-9(14-13(16)15(2)17)7-10-5-6-11(18-3)12(8-10)19-4/h5-6,8-9,17H,7H2,1-4H3,(H,14,16). The number of hydroxylamine groups is 2. The van der Waals surface area contributed by atoms with Gasteiger partial charge >= 0.3 is 6.03 Å². The second-order valence-electron chi connectivity index (χ2n) is 4.27. The molecule has 0 saturated carbocycles. The third-order valence-corrected chi connectivity index (χ3v) is 2.65. The van der Waals surface area contributed by atoms with Crippen LogP contribution in [-0.2, 0) is 6.42 Å². The molecule has 1 atom stereocenters. The molecule has 106 valence electrons. The zero-order chi connectivity index (χ0) is 14.4. The summed E-state index contributed by atoms with van der Waals surface area (Å²) in [5.74, 6) is 1.32. The number of hydrogen-bond acceptors (Lipinski definition) is 4. The van der Waals surface area contributed by atoms with Crippen LogP contribution in [0.3, 0.4) is 0 Å². The summed E-state index contributed by atoms with van der Waals surface area (Å²) in [7, 11) is 4.43. The van der Waals surface area contributed by atoms with Gasteiger partial charge in [-0.25, -0.2) is 9.86 Å². The van der Waals surface area contributed by atoms with Gasteiger partial charge in [-0.3, -0.25) is 5.21 Å². The summed E-state index contributed by atoms with van der Waals surface area (Å²) in [6.45, 7) is 1.86. The van der Waals surface area contributed by atoms with Crippen molar-refractivity contribution in [1.29, 1.82) is 0 Å². The Bertz CT molecular complexity index is 435. The SMILES string of the molecule is COc1ccc(CC(C)NC(=O)N(C)O)cc1OC. The number of urea groups is 1. The van der Waals surface area contributed by atoms with E-state index in [0.717, 1.165) is 5.56 Å². The predicted octanol–water partition coefficient (Wildman–Crippen LogP) is 1.67. The number of carbonyl (C=O) groups is 1. The van der Waals surface area contributed by atoms with Crippen molar-refractivity contribution in [3.63, 3.8) is 0 Å². The molecule has 0 saturated heterocycles. The van der Waals surface area contributed by atoms with Crippen molar-refractivity contribution in [2.45, 2.75) is 19.4 Å². The van der Waals surface area contributed by atoms with Crippen LogP contribution in [0.2, 0.25) is 0 Å². The molecule has 1 aromatic carbocycles. The number of ether oxygens (including phenoxy) is 2. The van der Waals surface area contributed by atoms with E-state index >= 15 is 0 Å². The quantitative estimate of drug-likeness (QED) is 0.629. The topological polar surface area (TPSA) is 71.0 Å². The second-order valence-corrected chi connectivity index (χ2v) is 4.27. The highest BCUT2D eigenvalue weighted by atomic mass is 16.5. The van der Waals surface area contributed by atoms with Crippen molar-refractivity contribution in [2.24, 2.45) is 0 Å². The van der Waals surface area contributed by atoms with E-state index in [1.54, 1.807) is 14.2 Å². The van der Waals surface area contributed by atoms with Crippen molar-refractivity contribution in [3.8, 4) is 11.5 Å². The van der Waals surface area contributed by atoms with E-state index in [4.69, 9.17) is 14.7 Å². The molecular weight excluding hydrogens is 248 g/mol. The lowest BCUT2D eigenvalue weighted by Crippen LogP contribution is -2.41. The van der Waals surface area contributed by atoms with Crippen LogP contribution >= 0.6 is 0 Å². The molecule has 2 amide bonds. The first-order chi connectivity index (χ1) is 8.97. The molecule has 0 aliphatic carbocycles. The minimum absolute atomic E-state index is 0.111. The summed E-state index contributed by atoms with van der Waals surface area (Å²) in [6.07, 6.45) is 0.625. The number of hydrogen-bond donors (Lipinski definition) is 2. The average Bonchev–Trinajstić information content (AvgIpc) is 2.38. The molecule has 6 heteroatoms. The maximum absolute atomic E-state index is 11.3. The van der Waals surface area contributed by atoms with Gasteiger partial charge in [0, 0.05) is 13.1 Å². The molecule has 0 fully saturated rings. The smallest absolute Gasteiger partial charge is 0.341 e. The van der Waals surface area contributed by atoms with Crippen molar-refractivity contribution < 1.29 is 19.5 Å². The largest absolute Gasteiger partial charge is 0.493 e. The molecule has 0 aromatic heterocycles. The summed E-state index contributed by atoms with van der Waals surface area (Å²) in [4.78, 5) is 11.3. The second kappa shape index (κ2) is 6.84. The van der Waals surface area contributed by atoms with E-state index in [1.165, 1.54) is 7.05 Å². The monoisotopic (exact) mass is 268 g/mol. The molecule has 19 heavy (non-hydrogen) atoms. The highest BCUT2D eigenvalue weighted by molar-refractivity contribution is 5.72. The minimum atomic E-state index is -0.534. The van der Waals surface area contributed by atoms with Crippen molar-refractivity contribution >= 4 is 6.03 Å². The summed E-state index contributed by atoms with van der Waals surface area (Å²) in [5.41, 5.74) is 1.01. The summed E-state index contributed by atoms with van der Waals surface area (Å²) >= 11 is 0. The fraction of sp³-hybridized carbons (Fsp3) is 0.462. The van der Waals surface area contributed by atoms with Gasteiger partial charge in [0.05, 0.1) is 14.2 Å². The third kappa shape index (κ3) is 4.33. The molecule has 1 unspecified atom stereocenters. The number of amides is 2. The molecular formula is C13H20N2O4. The molecule has 0 radical (unpaired) electrons. The van der Waals surface area contributed by atoms with Crippen LogP contribution in [0.5, 0.6) is 11.5 Å². The zero-order valence-electron chi connectivity index (χ0n) is 11.6. The fourth-order valence-corrected chi connectivity index (χ4v) is 1.72. The highest BCUT2D eigenvalue weighted by Gasteiger charge is 2.12. The summed E-state index contributed by atoms with van der Waals surface area (Å²) in [6, 6.07) is 4.95. The van der Waals surface area contributed by atoms with Gasteiger partial charge in [-0.05, 0) is 31.0 Å². The summed E-state index contributed by atoms with van der Waals surface area (Å²) in [5, 5.41) is 12.1. The van der Waals surface area contributed by atoms with Gasteiger partial charge < -0.3 is 14.8 Å². The molecule has 1 aromatic rings. The maximum atomic E-state index is 11.3. The van der Waals surface area contributed by atoms with Crippen LogP contribution in [0, 0.1) is 0 Å². The Morgan fingerprint density at radius 1 is 1.37 bits per heavy atom. The Morgan fingerprint density at radius 3 is 2.53 bits per heavy atom. The van der Waals surface area contributed by atoms with Crippen LogP contribution in [0.4, 0.5) is 4.79 Å². The lowest BCUT2D eigenvalue weighted by molar-refractivity contribution is -0.0192. The molecule has 6 nitrogen and oxygen atoms in total. The predicted molar refractivity (Wildman–Crippen MR) is 70.8 cm³/mol. The third-order valence-electron chi connectivity index (χ3n) is 2.65. The first-order valence-corrected chi connectivity index (χ1v) is 5.92. The van der Waals surface area contributed by atoms with E-state index in [0.29, 0.717) is 23.0 Å². The minimum Gasteiger partial charge on any atom is -0.493 e. The van der Waals surface area contributed by atoms with E-state index in [1.807, 2.05) is 25.1 Å². The Hall–Kier alpha value is -1.95. The first kappa shape index (κ1) is 15.1. The number of rotatable bonds is 5. The van der Waals surface area contributed by atoms with E-state index < -0.39 is 6.03 Å². The molecule has 0 aliphatic heterocycles. The zero-order valence-corrected chi connectivity index (χ0v) is 11.6. The number of nitrogens with one attached hydrogen (secondary N) is 1. The number of nitrogens with zero attached hydrogens (tertiary/aromatic N) is 1. The van der Waals surface area contributed by atoms with E-state index in [-0.39, 0.29) is 6.04 Å². The molecule has 1 rings (SSSR count). The molecule has 2 N–H and O–H groups in total. The maximum Gasteiger partial charge on any atom is 0.341 e. The number of methoxy groups -OCH3 is 2. The summed E-state index contributed by atoms with van der Waals surface area (Å²) < 4.78 is 10.4. The van der Waals surface area contributed by atoms with Crippen LogP contribution in [0.1, 0.15) is 12.5 Å². The van der Waals surface area contributed by atoms with Crippen molar-refractivity contribution in [2.75, 3.05) is 21.3 Å². The highest BCUT2D eigenvalue weighted by Crippen LogP contribution is 2.27. The average molecular weight is 268 g/mol. The van der Waals surface area contributed by atoms with Gasteiger partial charge in [-0.2, -0.15) is 0 Å². The van der Waals surface area contributed by atoms with Gasteiger partial charge in [-0.15, -0.1) is 0 Å². The van der Waals surface area contributed by atoms with E-state index in [9.17, 15) is 4.79 Å². The van der Waals surface area contributed by atoms with Crippen LogP contribution in [0.25, 0.3) is 0 Å². The van der Waals surface area contributed by atoms with Gasteiger partial charge in [0.15, 0.2) is 11.5 Å². The molecule has 0 aliphatic rings. The van der Waals surface area contributed by atoms with Crippen molar-refractivity contribution in [3.05, 3.63) is 23.8 Å². The normalized spacial score (nSPS) is 11.6. The first-order valence-electron chi connectivity index (χ1n) is 5.92. The lowest BCUT2D eigenvalue weighted by atomic mass is 10.1. The van der Waals surface area contributed by atoms with E-state index in [2.05, 4.69) is 5.32 Å². The number of carbonyl (C=O) groups excluding carboxylic acids is 1. The van der Waals surface area contributed by atoms with Gasteiger partial charge in [-0.1, -0.05) is 6.07 Å². The Balaban J connectivity index is 2.69. The fourth-order valence-electron chi connectivity index (χ4n) is 1.72. The Labute approximate surface area is 112 Å². The van der Waals surface area contributed by atoms with Crippen molar-refractivity contribution in [1.82, 2.24) is 10.4 Å².